The van der Waals surface area contributed by atoms with E-state index in [0.717, 1.165) is 82.8 Å². The van der Waals surface area contributed by atoms with Gasteiger partial charge >= 0.3 is 0 Å². The number of rotatable bonds is 5. The second kappa shape index (κ2) is 13.3. The molecule has 0 aliphatic rings. The van der Waals surface area contributed by atoms with Crippen molar-refractivity contribution in [3.63, 3.8) is 0 Å². The zero-order valence-corrected chi connectivity index (χ0v) is 31.9. The molecule has 0 bridgehead atoms. The molecule has 0 saturated heterocycles. The number of nitriles is 2. The van der Waals surface area contributed by atoms with Crippen LogP contribution in [0.1, 0.15) is 27.8 Å². The van der Waals surface area contributed by atoms with Gasteiger partial charge in [0.15, 0.2) is 0 Å². The molecule has 0 fully saturated rings. The van der Waals surface area contributed by atoms with E-state index < -0.39 is 0 Å². The van der Waals surface area contributed by atoms with Gasteiger partial charge in [-0.1, -0.05) is 115 Å². The van der Waals surface area contributed by atoms with Gasteiger partial charge < -0.3 is 9.13 Å². The molecule has 268 valence electrons. The highest BCUT2D eigenvalue weighted by Gasteiger charge is 2.23. The van der Waals surface area contributed by atoms with Crippen LogP contribution in [0, 0.1) is 43.4 Å². The maximum atomic E-state index is 11.2. The van der Waals surface area contributed by atoms with Crippen LogP contribution in [0.4, 0.5) is 0 Å². The summed E-state index contributed by atoms with van der Waals surface area (Å²) in [5.41, 5.74) is 16.8. The molecule has 57 heavy (non-hydrogen) atoms. The summed E-state index contributed by atoms with van der Waals surface area (Å²) in [4.78, 5) is 0. The predicted molar refractivity (Wildman–Crippen MR) is 235 cm³/mol. The molecule has 0 aliphatic carbocycles. The van der Waals surface area contributed by atoms with Gasteiger partial charge in [0.2, 0.25) is 0 Å². The van der Waals surface area contributed by atoms with Crippen LogP contribution in [-0.4, -0.2) is 9.13 Å². The Morgan fingerprint density at radius 3 is 1.44 bits per heavy atom. The van der Waals surface area contributed by atoms with Gasteiger partial charge in [0, 0.05) is 27.1 Å². The van der Waals surface area contributed by atoms with Crippen molar-refractivity contribution < 1.29 is 0 Å². The number of para-hydroxylation sites is 2. The van der Waals surface area contributed by atoms with Crippen LogP contribution in [0.25, 0.3) is 88.4 Å². The number of nitrogens with zero attached hydrogens (tertiary/aromatic N) is 4. The summed E-state index contributed by atoms with van der Waals surface area (Å²) < 4.78 is 4.56. The molecule has 0 N–H and O–H groups in total. The highest BCUT2D eigenvalue weighted by Crippen LogP contribution is 2.42. The fourth-order valence-electron chi connectivity index (χ4n) is 8.86. The Balaban J connectivity index is 1.33. The van der Waals surface area contributed by atoms with Crippen LogP contribution in [0.3, 0.4) is 0 Å². The molecule has 0 spiro atoms. The smallest absolute Gasteiger partial charge is 0.101 e. The summed E-state index contributed by atoms with van der Waals surface area (Å²) in [5, 5.41) is 25.9. The molecular formula is C53H36N4. The topological polar surface area (TPSA) is 57.4 Å². The Hall–Kier alpha value is -7.66. The molecule has 10 rings (SSSR count). The monoisotopic (exact) mass is 728 g/mol. The van der Waals surface area contributed by atoms with Crippen molar-refractivity contribution in [1.29, 1.82) is 10.5 Å². The lowest BCUT2D eigenvalue weighted by Gasteiger charge is -2.19. The van der Waals surface area contributed by atoms with Gasteiger partial charge in [0.1, 0.15) is 6.07 Å². The first kappa shape index (κ1) is 33.9. The average molecular weight is 729 g/mol. The van der Waals surface area contributed by atoms with E-state index in [9.17, 15) is 10.5 Å². The van der Waals surface area contributed by atoms with Crippen molar-refractivity contribution in [3.8, 4) is 56.9 Å². The minimum absolute atomic E-state index is 0.548. The van der Waals surface area contributed by atoms with Crippen LogP contribution in [0.15, 0.2) is 164 Å². The molecule has 8 aromatic carbocycles. The van der Waals surface area contributed by atoms with Crippen molar-refractivity contribution in [2.75, 3.05) is 0 Å². The fraction of sp³-hybridized carbons (Fsp3) is 0.0566. The van der Waals surface area contributed by atoms with E-state index in [0.29, 0.717) is 11.1 Å². The zero-order chi connectivity index (χ0) is 38.8. The molecule has 0 aliphatic heterocycles. The number of benzene rings is 8. The minimum atomic E-state index is 0.548. The minimum Gasteiger partial charge on any atom is -0.309 e. The molecule has 4 heteroatoms. The highest BCUT2D eigenvalue weighted by atomic mass is 15.0. The Morgan fingerprint density at radius 1 is 0.386 bits per heavy atom. The SMILES string of the molecule is Cc1cc(C#N)cc(-c2cc(-n3c4ccccc4c4ccc(-c5ccccc5C)cc43)c(C#N)cc2-n2c3ccccc3c3ccc(-c4ccccc4C)cc32)c1. The number of hydrogen-bond donors (Lipinski definition) is 0. The van der Waals surface area contributed by atoms with Gasteiger partial charge in [-0.05, 0) is 114 Å². The van der Waals surface area contributed by atoms with E-state index in [1.54, 1.807) is 0 Å². The van der Waals surface area contributed by atoms with Crippen LogP contribution in [0.5, 0.6) is 0 Å². The maximum Gasteiger partial charge on any atom is 0.101 e. The summed E-state index contributed by atoms with van der Waals surface area (Å²) in [7, 11) is 0. The van der Waals surface area contributed by atoms with E-state index in [-0.39, 0.29) is 0 Å². The summed E-state index contributed by atoms with van der Waals surface area (Å²) in [6, 6.07) is 62.5. The molecular weight excluding hydrogens is 693 g/mol. The largest absolute Gasteiger partial charge is 0.309 e. The molecule has 2 heterocycles. The summed E-state index contributed by atoms with van der Waals surface area (Å²) >= 11 is 0. The van der Waals surface area contributed by atoms with Crippen LogP contribution < -0.4 is 0 Å². The first-order chi connectivity index (χ1) is 27.9. The second-order valence-electron chi connectivity index (χ2n) is 15.0. The lowest BCUT2D eigenvalue weighted by molar-refractivity contribution is 1.13. The van der Waals surface area contributed by atoms with Crippen molar-refractivity contribution in [3.05, 3.63) is 192 Å². The summed E-state index contributed by atoms with van der Waals surface area (Å²) in [6.07, 6.45) is 0. The normalized spacial score (nSPS) is 11.4. The van der Waals surface area contributed by atoms with Crippen molar-refractivity contribution in [2.45, 2.75) is 20.8 Å². The first-order valence-corrected chi connectivity index (χ1v) is 19.2. The van der Waals surface area contributed by atoms with E-state index >= 15 is 0 Å². The molecule has 0 radical (unpaired) electrons. The third-order valence-corrected chi connectivity index (χ3v) is 11.5. The van der Waals surface area contributed by atoms with Crippen LogP contribution >= 0.6 is 0 Å². The molecule has 4 nitrogen and oxygen atoms in total. The predicted octanol–water partition coefficient (Wildman–Crippen LogP) is 13.6. The van der Waals surface area contributed by atoms with Crippen molar-refractivity contribution in [1.82, 2.24) is 9.13 Å². The lowest BCUT2D eigenvalue weighted by Crippen LogP contribution is -2.04. The van der Waals surface area contributed by atoms with Crippen molar-refractivity contribution in [2.24, 2.45) is 0 Å². The Labute approximate surface area is 331 Å². The highest BCUT2D eigenvalue weighted by molar-refractivity contribution is 6.12. The Morgan fingerprint density at radius 2 is 0.895 bits per heavy atom. The van der Waals surface area contributed by atoms with E-state index in [1.165, 1.54) is 22.3 Å². The lowest BCUT2D eigenvalue weighted by atomic mass is 9.96. The third-order valence-electron chi connectivity index (χ3n) is 11.5. The number of aryl methyl sites for hydroxylation is 3. The number of fused-ring (bicyclic) bond motifs is 6. The van der Waals surface area contributed by atoms with Gasteiger partial charge in [-0.2, -0.15) is 10.5 Å². The van der Waals surface area contributed by atoms with E-state index in [1.807, 2.05) is 19.1 Å². The van der Waals surface area contributed by atoms with Crippen LogP contribution in [-0.2, 0) is 0 Å². The van der Waals surface area contributed by atoms with E-state index in [4.69, 9.17) is 0 Å². The van der Waals surface area contributed by atoms with E-state index in [2.05, 4.69) is 187 Å². The average Bonchev–Trinajstić information content (AvgIpc) is 3.75. The molecule has 0 amide bonds. The quantitative estimate of drug-likeness (QED) is 0.177. The molecule has 0 atom stereocenters. The standard InChI is InChI=1S/C53H36N4/c1-33-24-36(31-54)26-39(25-33)47-30-50(56-48-18-10-8-16-43(48)45-22-20-37(27-51(45)56)41-14-6-4-12-34(41)2)40(32-55)29-53(47)57-49-19-11-9-17-44(49)46-23-21-38(28-52(46)57)42-15-7-5-13-35(42)3/h4-30H,1-3H3. The van der Waals surface area contributed by atoms with Gasteiger partial charge in [-0.25, -0.2) is 0 Å². The first-order valence-electron chi connectivity index (χ1n) is 19.2. The van der Waals surface area contributed by atoms with Crippen molar-refractivity contribution >= 4 is 43.6 Å². The number of aromatic nitrogens is 2. The molecule has 2 aromatic heterocycles. The van der Waals surface area contributed by atoms with Crippen LogP contribution in [0.2, 0.25) is 0 Å². The molecule has 0 saturated carbocycles. The number of hydrogen-bond acceptors (Lipinski definition) is 2. The Kier molecular flexibility index (Phi) is 7.89. The maximum absolute atomic E-state index is 11.2. The second-order valence-corrected chi connectivity index (χ2v) is 15.0. The zero-order valence-electron chi connectivity index (χ0n) is 31.9. The third kappa shape index (κ3) is 5.42. The summed E-state index contributed by atoms with van der Waals surface area (Å²) in [5.74, 6) is 0. The van der Waals surface area contributed by atoms with Gasteiger partial charge in [-0.3, -0.25) is 0 Å². The molecule has 10 aromatic rings. The fourth-order valence-corrected chi connectivity index (χ4v) is 8.86. The summed E-state index contributed by atoms with van der Waals surface area (Å²) in [6.45, 7) is 6.32. The van der Waals surface area contributed by atoms with Gasteiger partial charge in [-0.15, -0.1) is 0 Å². The Bertz CT molecular complexity index is 3360. The molecule has 0 unspecified atom stereocenters. The van der Waals surface area contributed by atoms with Gasteiger partial charge in [0.05, 0.1) is 50.6 Å². The van der Waals surface area contributed by atoms with Gasteiger partial charge in [0.25, 0.3) is 0 Å².